The number of aryl methyl sites for hydroxylation is 1. The Kier molecular flexibility index (Phi) is 6.58. The van der Waals surface area contributed by atoms with Gasteiger partial charge in [-0.15, -0.1) is 0 Å². The highest BCUT2D eigenvalue weighted by Gasteiger charge is 2.01. The Labute approximate surface area is 103 Å². The first-order chi connectivity index (χ1) is 8.26. The lowest BCUT2D eigenvalue weighted by Gasteiger charge is -2.09. The molecule has 0 radical (unpaired) electrons. The minimum atomic E-state index is 0.547. The van der Waals surface area contributed by atoms with E-state index in [1.54, 1.807) is 0 Å². The van der Waals surface area contributed by atoms with Gasteiger partial charge in [-0.1, -0.05) is 6.92 Å². The van der Waals surface area contributed by atoms with Crippen LogP contribution in [-0.4, -0.2) is 31.3 Å². The number of ether oxygens (including phenoxy) is 2. The molecule has 96 valence electrons. The molecule has 0 amide bonds. The van der Waals surface area contributed by atoms with Gasteiger partial charge < -0.3 is 14.8 Å². The van der Waals surface area contributed by atoms with Crippen LogP contribution in [0, 0.1) is 6.92 Å². The Morgan fingerprint density at radius 2 is 2.06 bits per heavy atom. The summed E-state index contributed by atoms with van der Waals surface area (Å²) in [5.74, 6) is 0.678. The Hall–Kier alpha value is -1.13. The molecule has 0 aromatic carbocycles. The lowest BCUT2D eigenvalue weighted by Crippen LogP contribution is -2.13. The molecule has 0 atom stereocenters. The molecule has 1 rings (SSSR count). The summed E-state index contributed by atoms with van der Waals surface area (Å²) in [6, 6.07) is 4.04. The second-order valence-electron chi connectivity index (χ2n) is 3.78. The van der Waals surface area contributed by atoms with Crippen molar-refractivity contribution in [3.05, 3.63) is 23.4 Å². The number of rotatable bonds is 8. The second-order valence-corrected chi connectivity index (χ2v) is 3.78. The number of hydrogen-bond acceptors (Lipinski definition) is 4. The second kappa shape index (κ2) is 8.03. The number of nitrogens with one attached hydrogen (secondary N) is 1. The summed E-state index contributed by atoms with van der Waals surface area (Å²) < 4.78 is 10.8. The first-order valence-electron chi connectivity index (χ1n) is 6.15. The molecule has 0 saturated carbocycles. The van der Waals surface area contributed by atoms with Crippen LogP contribution in [0.3, 0.4) is 0 Å². The lowest BCUT2D eigenvalue weighted by atomic mass is 10.2. The van der Waals surface area contributed by atoms with Crippen molar-refractivity contribution >= 4 is 0 Å². The summed E-state index contributed by atoms with van der Waals surface area (Å²) in [4.78, 5) is 4.33. The van der Waals surface area contributed by atoms with Gasteiger partial charge in [0.15, 0.2) is 0 Å². The predicted molar refractivity (Wildman–Crippen MR) is 68.3 cm³/mol. The van der Waals surface area contributed by atoms with Crippen molar-refractivity contribution in [3.63, 3.8) is 0 Å². The summed E-state index contributed by atoms with van der Waals surface area (Å²) in [6.45, 7) is 9.72. The molecule has 0 aliphatic rings. The molecule has 0 saturated heterocycles. The average Bonchev–Trinajstić information content (AvgIpc) is 2.31. The SMILES string of the molecule is CCNCc1cc(C)nc(OCCOCC)c1. The Morgan fingerprint density at radius 1 is 1.24 bits per heavy atom. The normalized spacial score (nSPS) is 10.5. The molecule has 0 bridgehead atoms. The molecule has 0 unspecified atom stereocenters. The van der Waals surface area contributed by atoms with Gasteiger partial charge in [0.25, 0.3) is 0 Å². The van der Waals surface area contributed by atoms with Crippen LogP contribution in [0.25, 0.3) is 0 Å². The van der Waals surface area contributed by atoms with Crippen molar-refractivity contribution in [3.8, 4) is 5.88 Å². The van der Waals surface area contributed by atoms with E-state index in [1.165, 1.54) is 5.56 Å². The van der Waals surface area contributed by atoms with Crippen LogP contribution in [0.4, 0.5) is 0 Å². The lowest BCUT2D eigenvalue weighted by molar-refractivity contribution is 0.108. The van der Waals surface area contributed by atoms with Crippen LogP contribution in [-0.2, 0) is 11.3 Å². The van der Waals surface area contributed by atoms with Crippen LogP contribution in [0.1, 0.15) is 25.1 Å². The van der Waals surface area contributed by atoms with Gasteiger partial charge in [0.1, 0.15) is 6.61 Å². The van der Waals surface area contributed by atoms with Gasteiger partial charge in [-0.25, -0.2) is 4.98 Å². The Balaban J connectivity index is 2.50. The molecule has 1 N–H and O–H groups in total. The van der Waals surface area contributed by atoms with E-state index in [-0.39, 0.29) is 0 Å². The number of nitrogens with zero attached hydrogens (tertiary/aromatic N) is 1. The molecular weight excluding hydrogens is 216 g/mol. The third-order valence-corrected chi connectivity index (χ3v) is 2.25. The molecule has 0 aliphatic heterocycles. The Bertz CT molecular complexity index is 329. The fourth-order valence-corrected chi connectivity index (χ4v) is 1.50. The largest absolute Gasteiger partial charge is 0.475 e. The molecular formula is C13H22N2O2. The molecule has 1 aromatic heterocycles. The molecule has 0 fully saturated rings. The van der Waals surface area contributed by atoms with Crippen LogP contribution in [0.15, 0.2) is 12.1 Å². The summed E-state index contributed by atoms with van der Waals surface area (Å²) in [6.07, 6.45) is 0. The van der Waals surface area contributed by atoms with Crippen molar-refractivity contribution in [1.29, 1.82) is 0 Å². The standard InChI is InChI=1S/C13H22N2O2/c1-4-14-10-12-8-11(3)15-13(9-12)17-7-6-16-5-2/h8-9,14H,4-7,10H2,1-3H3. The van der Waals surface area contributed by atoms with E-state index in [1.807, 2.05) is 19.9 Å². The zero-order chi connectivity index (χ0) is 12.5. The molecule has 1 heterocycles. The topological polar surface area (TPSA) is 43.4 Å². The highest BCUT2D eigenvalue weighted by atomic mass is 16.5. The minimum absolute atomic E-state index is 0.547. The average molecular weight is 238 g/mol. The van der Waals surface area contributed by atoms with Crippen LogP contribution < -0.4 is 10.1 Å². The van der Waals surface area contributed by atoms with Crippen molar-refractivity contribution in [2.75, 3.05) is 26.4 Å². The molecule has 0 aliphatic carbocycles. The highest BCUT2D eigenvalue weighted by molar-refractivity contribution is 5.24. The first-order valence-corrected chi connectivity index (χ1v) is 6.15. The van der Waals surface area contributed by atoms with Gasteiger partial charge in [0.05, 0.1) is 6.61 Å². The van der Waals surface area contributed by atoms with Gasteiger partial charge in [-0.05, 0) is 32.0 Å². The van der Waals surface area contributed by atoms with E-state index in [0.29, 0.717) is 19.1 Å². The van der Waals surface area contributed by atoms with Crippen molar-refractivity contribution < 1.29 is 9.47 Å². The van der Waals surface area contributed by atoms with E-state index in [2.05, 4.69) is 23.3 Å². The van der Waals surface area contributed by atoms with E-state index < -0.39 is 0 Å². The van der Waals surface area contributed by atoms with E-state index in [0.717, 1.165) is 25.4 Å². The Morgan fingerprint density at radius 3 is 2.76 bits per heavy atom. The van der Waals surface area contributed by atoms with Gasteiger partial charge >= 0.3 is 0 Å². The minimum Gasteiger partial charge on any atom is -0.475 e. The fourth-order valence-electron chi connectivity index (χ4n) is 1.50. The van der Waals surface area contributed by atoms with Crippen LogP contribution >= 0.6 is 0 Å². The monoisotopic (exact) mass is 238 g/mol. The maximum atomic E-state index is 5.55. The van der Waals surface area contributed by atoms with Crippen molar-refractivity contribution in [2.24, 2.45) is 0 Å². The molecule has 4 heteroatoms. The highest BCUT2D eigenvalue weighted by Crippen LogP contribution is 2.12. The van der Waals surface area contributed by atoms with Gasteiger partial charge in [-0.3, -0.25) is 0 Å². The number of hydrogen-bond donors (Lipinski definition) is 1. The van der Waals surface area contributed by atoms with Gasteiger partial charge in [0.2, 0.25) is 5.88 Å². The van der Waals surface area contributed by atoms with Crippen LogP contribution in [0.5, 0.6) is 5.88 Å². The summed E-state index contributed by atoms with van der Waals surface area (Å²) in [5.41, 5.74) is 2.18. The summed E-state index contributed by atoms with van der Waals surface area (Å²) >= 11 is 0. The number of pyridine rings is 1. The smallest absolute Gasteiger partial charge is 0.213 e. The molecule has 4 nitrogen and oxygen atoms in total. The zero-order valence-corrected chi connectivity index (χ0v) is 11.0. The number of aromatic nitrogens is 1. The van der Waals surface area contributed by atoms with Crippen molar-refractivity contribution in [2.45, 2.75) is 27.3 Å². The summed E-state index contributed by atoms with van der Waals surface area (Å²) in [7, 11) is 0. The molecule has 1 aromatic rings. The van der Waals surface area contributed by atoms with E-state index in [9.17, 15) is 0 Å². The maximum absolute atomic E-state index is 5.55. The van der Waals surface area contributed by atoms with Gasteiger partial charge in [-0.2, -0.15) is 0 Å². The first kappa shape index (κ1) is 13.9. The van der Waals surface area contributed by atoms with Crippen LogP contribution in [0.2, 0.25) is 0 Å². The third kappa shape index (κ3) is 5.65. The molecule has 0 spiro atoms. The fraction of sp³-hybridized carbons (Fsp3) is 0.615. The molecule has 17 heavy (non-hydrogen) atoms. The predicted octanol–water partition coefficient (Wildman–Crippen LogP) is 1.91. The summed E-state index contributed by atoms with van der Waals surface area (Å²) in [5, 5.41) is 3.29. The quantitative estimate of drug-likeness (QED) is 0.703. The van der Waals surface area contributed by atoms with E-state index >= 15 is 0 Å². The van der Waals surface area contributed by atoms with E-state index in [4.69, 9.17) is 9.47 Å². The third-order valence-electron chi connectivity index (χ3n) is 2.25. The van der Waals surface area contributed by atoms with Crippen molar-refractivity contribution in [1.82, 2.24) is 10.3 Å². The maximum Gasteiger partial charge on any atom is 0.213 e. The zero-order valence-electron chi connectivity index (χ0n) is 11.0. The van der Waals surface area contributed by atoms with Gasteiger partial charge in [0, 0.05) is 24.9 Å².